The number of nitrogens with zero attached hydrogens (tertiary/aromatic N) is 5. The van der Waals surface area contributed by atoms with Crippen molar-refractivity contribution in [2.24, 2.45) is 0 Å². The molecule has 0 amide bonds. The summed E-state index contributed by atoms with van der Waals surface area (Å²) in [6.07, 6.45) is 13.5. The normalized spacial score (nSPS) is 20.4. The van der Waals surface area contributed by atoms with Crippen LogP contribution in [-0.4, -0.2) is 61.1 Å². The minimum absolute atomic E-state index is 0.0185. The van der Waals surface area contributed by atoms with E-state index in [-0.39, 0.29) is 23.6 Å². The van der Waals surface area contributed by atoms with Gasteiger partial charge in [0.15, 0.2) is 5.78 Å². The smallest absolute Gasteiger partial charge is 0.220 e. The molecule has 1 aliphatic heterocycles. The van der Waals surface area contributed by atoms with Crippen molar-refractivity contribution in [1.29, 1.82) is 0 Å². The fourth-order valence-electron chi connectivity index (χ4n) is 6.65. The van der Waals surface area contributed by atoms with E-state index >= 15 is 0 Å². The van der Waals surface area contributed by atoms with Crippen molar-refractivity contribution in [3.05, 3.63) is 39.1 Å². The second kappa shape index (κ2) is 11.1. The van der Waals surface area contributed by atoms with E-state index in [1.54, 1.807) is 6.20 Å². The van der Waals surface area contributed by atoms with Crippen molar-refractivity contribution in [3.8, 4) is 11.4 Å². The van der Waals surface area contributed by atoms with Crippen LogP contribution in [0.5, 0.6) is 0 Å². The lowest BCUT2D eigenvalue weighted by Crippen LogP contribution is -2.43. The number of H-pyrrole nitrogens is 1. The molecule has 2 fully saturated rings. The van der Waals surface area contributed by atoms with Crippen LogP contribution < -0.4 is 5.73 Å². The highest BCUT2D eigenvalue weighted by molar-refractivity contribution is 7.09. The van der Waals surface area contributed by atoms with Gasteiger partial charge in [0.05, 0.1) is 30.5 Å². The average Bonchev–Trinajstić information content (AvgIpc) is 3.48. The molecule has 3 aromatic rings. The van der Waals surface area contributed by atoms with Gasteiger partial charge in [0.25, 0.3) is 0 Å². The van der Waals surface area contributed by atoms with Gasteiger partial charge in [-0.25, -0.2) is 15.0 Å². The Morgan fingerprint density at radius 3 is 2.67 bits per heavy atom. The number of aromatic amines is 1. The van der Waals surface area contributed by atoms with Crippen molar-refractivity contribution < 1.29 is 9.53 Å². The fourth-order valence-corrected chi connectivity index (χ4v) is 7.43. The maximum atomic E-state index is 13.4. The molecular formula is C29H39N7O2S. The first-order valence-corrected chi connectivity index (χ1v) is 15.3. The quantitative estimate of drug-likeness (QED) is 0.316. The summed E-state index contributed by atoms with van der Waals surface area (Å²) in [7, 11) is 0. The molecule has 0 atom stereocenters. The third-order valence-corrected chi connectivity index (χ3v) is 9.56. The Morgan fingerprint density at radius 2 is 1.90 bits per heavy atom. The molecule has 3 N–H and O–H groups in total. The molecule has 10 heteroatoms. The molecule has 39 heavy (non-hydrogen) atoms. The maximum Gasteiger partial charge on any atom is 0.220 e. The second-order valence-corrected chi connectivity index (χ2v) is 13.0. The highest BCUT2D eigenvalue weighted by Gasteiger charge is 2.38. The van der Waals surface area contributed by atoms with Gasteiger partial charge < -0.3 is 15.4 Å². The average molecular weight is 550 g/mol. The monoisotopic (exact) mass is 549 g/mol. The Morgan fingerprint density at radius 1 is 1.13 bits per heavy atom. The SMILES string of the molecule is CC1(C)Cc2cnc(N)nc2-c2n[nH]c(C(=O)Cc3nc(COC4CCN(C5CCCCCC5)CC4)cs3)c21. The molecule has 1 saturated carbocycles. The maximum absolute atomic E-state index is 13.4. The zero-order valence-corrected chi connectivity index (χ0v) is 23.9. The summed E-state index contributed by atoms with van der Waals surface area (Å²) in [6.45, 7) is 7.03. The molecule has 3 aliphatic rings. The van der Waals surface area contributed by atoms with Crippen molar-refractivity contribution in [2.75, 3.05) is 18.8 Å². The lowest BCUT2D eigenvalue weighted by Gasteiger charge is -2.37. The number of ether oxygens (including phenoxy) is 1. The number of nitrogens with two attached hydrogens (primary N) is 1. The topological polar surface area (TPSA) is 123 Å². The number of carbonyl (C=O) groups is 1. The molecule has 0 radical (unpaired) electrons. The van der Waals surface area contributed by atoms with Crippen LogP contribution in [0.15, 0.2) is 11.6 Å². The largest absolute Gasteiger partial charge is 0.372 e. The molecule has 0 spiro atoms. The Hall–Kier alpha value is -2.69. The first-order chi connectivity index (χ1) is 18.9. The fraction of sp³-hybridized carbons (Fsp3) is 0.621. The number of likely N-dealkylation sites (tertiary alicyclic amines) is 1. The van der Waals surface area contributed by atoms with Gasteiger partial charge in [-0.05, 0) is 43.1 Å². The van der Waals surface area contributed by atoms with E-state index in [4.69, 9.17) is 15.5 Å². The Kier molecular flexibility index (Phi) is 7.52. The van der Waals surface area contributed by atoms with Crippen LogP contribution in [0, 0.1) is 0 Å². The molecule has 9 nitrogen and oxygen atoms in total. The minimum atomic E-state index is -0.284. The lowest BCUT2D eigenvalue weighted by molar-refractivity contribution is -0.0134. The number of nitrogen functional groups attached to an aromatic ring is 1. The van der Waals surface area contributed by atoms with Gasteiger partial charge in [0, 0.05) is 36.3 Å². The number of nitrogens with one attached hydrogen (secondary N) is 1. The van der Waals surface area contributed by atoms with E-state index < -0.39 is 0 Å². The van der Waals surface area contributed by atoms with Crippen molar-refractivity contribution >= 4 is 23.1 Å². The predicted octanol–water partition coefficient (Wildman–Crippen LogP) is 4.87. The Balaban J connectivity index is 1.05. The predicted molar refractivity (Wildman–Crippen MR) is 152 cm³/mol. The first kappa shape index (κ1) is 26.5. The van der Waals surface area contributed by atoms with E-state index in [9.17, 15) is 4.79 Å². The number of hydrogen-bond donors (Lipinski definition) is 2. The van der Waals surface area contributed by atoms with E-state index in [1.807, 2.05) is 5.38 Å². The highest BCUT2D eigenvalue weighted by Crippen LogP contribution is 2.43. The number of rotatable bonds is 7. The van der Waals surface area contributed by atoms with E-state index in [1.165, 1.54) is 49.9 Å². The van der Waals surface area contributed by atoms with Gasteiger partial charge in [-0.1, -0.05) is 39.5 Å². The third kappa shape index (κ3) is 5.64. The molecule has 0 unspecified atom stereocenters. The summed E-state index contributed by atoms with van der Waals surface area (Å²) in [4.78, 5) is 29.4. The molecule has 3 aromatic heterocycles. The van der Waals surface area contributed by atoms with Gasteiger partial charge >= 0.3 is 0 Å². The molecule has 208 valence electrons. The van der Waals surface area contributed by atoms with Crippen LogP contribution in [0.1, 0.15) is 97.5 Å². The summed E-state index contributed by atoms with van der Waals surface area (Å²) in [5, 5.41) is 10.3. The number of aromatic nitrogens is 5. The van der Waals surface area contributed by atoms with Crippen LogP contribution in [0.25, 0.3) is 11.4 Å². The van der Waals surface area contributed by atoms with Crippen LogP contribution >= 0.6 is 11.3 Å². The first-order valence-electron chi connectivity index (χ1n) is 14.4. The summed E-state index contributed by atoms with van der Waals surface area (Å²) in [5.74, 6) is 0.188. The van der Waals surface area contributed by atoms with Crippen molar-refractivity contribution in [3.63, 3.8) is 0 Å². The summed E-state index contributed by atoms with van der Waals surface area (Å²) >= 11 is 1.52. The third-order valence-electron chi connectivity index (χ3n) is 8.66. The molecule has 0 bridgehead atoms. The van der Waals surface area contributed by atoms with Gasteiger partial charge in [0.1, 0.15) is 16.4 Å². The number of carbonyl (C=O) groups excluding carboxylic acids is 1. The van der Waals surface area contributed by atoms with Gasteiger partial charge in [-0.2, -0.15) is 5.10 Å². The molecule has 4 heterocycles. The van der Waals surface area contributed by atoms with Crippen LogP contribution in [0.3, 0.4) is 0 Å². The number of ketones is 1. The van der Waals surface area contributed by atoms with Gasteiger partial charge in [0.2, 0.25) is 5.95 Å². The molecule has 6 rings (SSSR count). The van der Waals surface area contributed by atoms with E-state index in [0.29, 0.717) is 36.2 Å². The molecule has 2 aliphatic carbocycles. The zero-order valence-electron chi connectivity index (χ0n) is 23.0. The molecular weight excluding hydrogens is 510 g/mol. The van der Waals surface area contributed by atoms with Crippen molar-refractivity contribution in [2.45, 2.75) is 102 Å². The number of fused-ring (bicyclic) bond motifs is 3. The zero-order chi connectivity index (χ0) is 27.0. The van der Waals surface area contributed by atoms with E-state index in [2.05, 4.69) is 38.9 Å². The standard InChI is InChI=1S/C29H39N7O2S/c1-29(2)14-18-15-31-28(30)33-25(18)27-24(29)26(34-35-27)22(37)13-23-32-19(17-39-23)16-38-21-9-11-36(12-10-21)20-7-5-3-4-6-8-20/h15,17,20-21H,3-14,16H2,1-2H3,(H,34,35)(H2,30,31,33). The lowest BCUT2D eigenvalue weighted by atomic mass is 9.73. The summed E-state index contributed by atoms with van der Waals surface area (Å²) < 4.78 is 6.26. The highest BCUT2D eigenvalue weighted by atomic mass is 32.1. The number of thiazole rings is 1. The van der Waals surface area contributed by atoms with Gasteiger partial charge in [-0.3, -0.25) is 9.89 Å². The second-order valence-electron chi connectivity index (χ2n) is 12.0. The van der Waals surface area contributed by atoms with Crippen molar-refractivity contribution in [1.82, 2.24) is 30.0 Å². The van der Waals surface area contributed by atoms with Gasteiger partial charge in [-0.15, -0.1) is 11.3 Å². The summed E-state index contributed by atoms with van der Waals surface area (Å²) in [5.41, 5.74) is 10.3. The Bertz CT molecular complexity index is 1320. The number of piperidine rings is 1. The molecule has 0 aromatic carbocycles. The number of hydrogen-bond acceptors (Lipinski definition) is 9. The Labute approximate surface area is 234 Å². The minimum Gasteiger partial charge on any atom is -0.372 e. The van der Waals surface area contributed by atoms with Crippen LogP contribution in [0.4, 0.5) is 5.95 Å². The summed E-state index contributed by atoms with van der Waals surface area (Å²) in [6, 6.07) is 0.777. The van der Waals surface area contributed by atoms with E-state index in [0.717, 1.165) is 53.8 Å². The number of anilines is 1. The molecule has 1 saturated heterocycles. The van der Waals surface area contributed by atoms with Crippen LogP contribution in [-0.2, 0) is 29.6 Å². The van der Waals surface area contributed by atoms with Crippen LogP contribution in [0.2, 0.25) is 0 Å². The number of Topliss-reactive ketones (excluding diaryl/α,β-unsaturated/α-hetero) is 1.